The Morgan fingerprint density at radius 2 is 2.19 bits per heavy atom. The summed E-state index contributed by atoms with van der Waals surface area (Å²) in [5, 5.41) is 11.8. The Labute approximate surface area is 94.3 Å². The lowest BCUT2D eigenvalue weighted by molar-refractivity contribution is 0.0693. The second kappa shape index (κ2) is 6.10. The van der Waals surface area contributed by atoms with Gasteiger partial charge < -0.3 is 10.4 Å². The van der Waals surface area contributed by atoms with Gasteiger partial charge in [-0.25, -0.2) is 9.18 Å². The molecule has 1 aromatic carbocycles. The zero-order chi connectivity index (χ0) is 12.0. The molecule has 1 aromatic rings. The third-order valence-electron chi connectivity index (χ3n) is 2.32. The van der Waals surface area contributed by atoms with Crippen LogP contribution in [-0.2, 0) is 0 Å². The van der Waals surface area contributed by atoms with Crippen molar-refractivity contribution in [2.75, 3.05) is 11.9 Å². The number of carbonyl (C=O) groups is 1. The monoisotopic (exact) mass is 225 g/mol. The predicted molar refractivity (Wildman–Crippen MR) is 61.4 cm³/mol. The van der Waals surface area contributed by atoms with E-state index in [1.165, 1.54) is 6.07 Å². The van der Waals surface area contributed by atoms with Crippen molar-refractivity contribution < 1.29 is 14.3 Å². The molecule has 0 aliphatic rings. The minimum absolute atomic E-state index is 0.279. The fourth-order valence-electron chi connectivity index (χ4n) is 1.49. The number of hydrogen-bond acceptors (Lipinski definition) is 2. The highest BCUT2D eigenvalue weighted by molar-refractivity contribution is 5.94. The van der Waals surface area contributed by atoms with Gasteiger partial charge in [-0.05, 0) is 18.6 Å². The number of halogens is 1. The first-order chi connectivity index (χ1) is 7.66. The molecule has 0 heterocycles. The molecule has 1 rings (SSSR count). The first-order valence-electron chi connectivity index (χ1n) is 5.42. The lowest BCUT2D eigenvalue weighted by Crippen LogP contribution is -2.09. The van der Waals surface area contributed by atoms with Crippen LogP contribution in [0.4, 0.5) is 10.1 Å². The van der Waals surface area contributed by atoms with Crippen molar-refractivity contribution in [2.24, 2.45) is 0 Å². The van der Waals surface area contributed by atoms with Crippen LogP contribution in [0.1, 0.15) is 36.5 Å². The summed E-state index contributed by atoms with van der Waals surface area (Å²) in [5.74, 6) is -1.94. The Morgan fingerprint density at radius 3 is 2.81 bits per heavy atom. The second-order valence-electron chi connectivity index (χ2n) is 3.60. The number of carboxylic acids is 1. The summed E-state index contributed by atoms with van der Waals surface area (Å²) in [5.41, 5.74) is 0.0719. The van der Waals surface area contributed by atoms with Crippen LogP contribution in [0.3, 0.4) is 0 Å². The van der Waals surface area contributed by atoms with Gasteiger partial charge in [-0.3, -0.25) is 0 Å². The van der Waals surface area contributed by atoms with E-state index in [0.29, 0.717) is 12.2 Å². The molecule has 3 nitrogen and oxygen atoms in total. The van der Waals surface area contributed by atoms with Crippen LogP contribution in [0, 0.1) is 5.82 Å². The average Bonchev–Trinajstić information content (AvgIpc) is 2.24. The number of unbranched alkanes of at least 4 members (excludes halogenated alkanes) is 2. The lowest BCUT2D eigenvalue weighted by atomic mass is 10.1. The Kier molecular flexibility index (Phi) is 4.76. The molecule has 4 heteroatoms. The average molecular weight is 225 g/mol. The molecule has 0 radical (unpaired) electrons. The minimum atomic E-state index is -1.24. The number of hydrogen-bond donors (Lipinski definition) is 2. The summed E-state index contributed by atoms with van der Waals surface area (Å²) in [6, 6.07) is 4.24. The zero-order valence-corrected chi connectivity index (χ0v) is 9.29. The van der Waals surface area contributed by atoms with Crippen LogP contribution in [0.15, 0.2) is 18.2 Å². The number of aromatic carboxylic acids is 1. The van der Waals surface area contributed by atoms with E-state index in [-0.39, 0.29) is 5.56 Å². The summed E-state index contributed by atoms with van der Waals surface area (Å²) in [6.45, 7) is 2.75. The summed E-state index contributed by atoms with van der Waals surface area (Å²) in [4.78, 5) is 10.9. The SMILES string of the molecule is CCCCCNc1cccc(F)c1C(=O)O. The quantitative estimate of drug-likeness (QED) is 0.731. The fraction of sp³-hybridized carbons (Fsp3) is 0.417. The molecular weight excluding hydrogens is 209 g/mol. The third kappa shape index (κ3) is 3.22. The highest BCUT2D eigenvalue weighted by Crippen LogP contribution is 2.18. The molecule has 0 unspecified atom stereocenters. The van der Waals surface area contributed by atoms with E-state index in [9.17, 15) is 9.18 Å². The fourth-order valence-corrected chi connectivity index (χ4v) is 1.49. The van der Waals surface area contributed by atoms with Crippen LogP contribution in [0.2, 0.25) is 0 Å². The third-order valence-corrected chi connectivity index (χ3v) is 2.32. The molecule has 0 saturated carbocycles. The molecule has 0 atom stereocenters. The molecule has 0 bridgehead atoms. The van der Waals surface area contributed by atoms with Crippen LogP contribution in [0.5, 0.6) is 0 Å². The minimum Gasteiger partial charge on any atom is -0.478 e. The van der Waals surface area contributed by atoms with Crippen LogP contribution < -0.4 is 5.32 Å². The normalized spacial score (nSPS) is 10.1. The van der Waals surface area contributed by atoms with E-state index in [0.717, 1.165) is 25.3 Å². The molecule has 0 aliphatic heterocycles. The van der Waals surface area contributed by atoms with E-state index in [4.69, 9.17) is 5.11 Å². The molecule has 0 fully saturated rings. The largest absolute Gasteiger partial charge is 0.478 e. The first kappa shape index (κ1) is 12.5. The van der Waals surface area contributed by atoms with Crippen molar-refractivity contribution in [1.29, 1.82) is 0 Å². The van der Waals surface area contributed by atoms with Gasteiger partial charge in [-0.2, -0.15) is 0 Å². The van der Waals surface area contributed by atoms with Gasteiger partial charge >= 0.3 is 5.97 Å². The predicted octanol–water partition coefficient (Wildman–Crippen LogP) is 3.13. The van der Waals surface area contributed by atoms with Gasteiger partial charge in [0.1, 0.15) is 11.4 Å². The Hall–Kier alpha value is -1.58. The van der Waals surface area contributed by atoms with Crippen LogP contribution >= 0.6 is 0 Å². The topological polar surface area (TPSA) is 49.3 Å². The molecule has 0 saturated heterocycles. The molecular formula is C12H16FNO2. The van der Waals surface area contributed by atoms with Gasteiger partial charge in [0.25, 0.3) is 0 Å². The molecule has 2 N–H and O–H groups in total. The van der Waals surface area contributed by atoms with Gasteiger partial charge in [0.2, 0.25) is 0 Å². The van der Waals surface area contributed by atoms with E-state index in [2.05, 4.69) is 12.2 Å². The van der Waals surface area contributed by atoms with Crippen molar-refractivity contribution in [2.45, 2.75) is 26.2 Å². The molecule has 0 aliphatic carbocycles. The van der Waals surface area contributed by atoms with Crippen molar-refractivity contribution >= 4 is 11.7 Å². The second-order valence-corrected chi connectivity index (χ2v) is 3.60. The van der Waals surface area contributed by atoms with Gasteiger partial charge in [-0.15, -0.1) is 0 Å². The molecule has 88 valence electrons. The summed E-state index contributed by atoms with van der Waals surface area (Å²) in [7, 11) is 0. The number of nitrogens with one attached hydrogen (secondary N) is 1. The van der Waals surface area contributed by atoms with Gasteiger partial charge in [0.15, 0.2) is 0 Å². The Bertz CT molecular complexity index is 366. The van der Waals surface area contributed by atoms with Crippen molar-refractivity contribution in [1.82, 2.24) is 0 Å². The van der Waals surface area contributed by atoms with Gasteiger partial charge in [-0.1, -0.05) is 25.8 Å². The van der Waals surface area contributed by atoms with Crippen LogP contribution in [-0.4, -0.2) is 17.6 Å². The van der Waals surface area contributed by atoms with Gasteiger partial charge in [0, 0.05) is 6.54 Å². The maximum absolute atomic E-state index is 13.3. The maximum atomic E-state index is 13.3. The Morgan fingerprint density at radius 1 is 1.44 bits per heavy atom. The van der Waals surface area contributed by atoms with E-state index < -0.39 is 11.8 Å². The number of carboxylic acid groups (broad SMARTS) is 1. The van der Waals surface area contributed by atoms with Gasteiger partial charge in [0.05, 0.1) is 5.69 Å². The maximum Gasteiger partial charge on any atom is 0.340 e. The summed E-state index contributed by atoms with van der Waals surface area (Å²) < 4.78 is 13.3. The van der Waals surface area contributed by atoms with E-state index in [1.54, 1.807) is 6.07 Å². The molecule has 16 heavy (non-hydrogen) atoms. The standard InChI is InChI=1S/C12H16FNO2/c1-2-3-4-8-14-10-7-5-6-9(13)11(10)12(15)16/h5-7,14H,2-4,8H2,1H3,(H,15,16). The van der Waals surface area contributed by atoms with Crippen LogP contribution in [0.25, 0.3) is 0 Å². The summed E-state index contributed by atoms with van der Waals surface area (Å²) in [6.07, 6.45) is 3.12. The Balaban J connectivity index is 2.71. The zero-order valence-electron chi connectivity index (χ0n) is 9.29. The van der Waals surface area contributed by atoms with Crippen molar-refractivity contribution in [3.63, 3.8) is 0 Å². The molecule has 0 aromatic heterocycles. The molecule has 0 amide bonds. The lowest BCUT2D eigenvalue weighted by Gasteiger charge is -2.09. The highest BCUT2D eigenvalue weighted by Gasteiger charge is 2.14. The van der Waals surface area contributed by atoms with Crippen molar-refractivity contribution in [3.05, 3.63) is 29.6 Å². The highest BCUT2D eigenvalue weighted by atomic mass is 19.1. The molecule has 0 spiro atoms. The van der Waals surface area contributed by atoms with Crippen molar-refractivity contribution in [3.8, 4) is 0 Å². The summed E-state index contributed by atoms with van der Waals surface area (Å²) >= 11 is 0. The number of rotatable bonds is 6. The number of benzene rings is 1. The number of anilines is 1. The smallest absolute Gasteiger partial charge is 0.340 e. The van der Waals surface area contributed by atoms with E-state index in [1.807, 2.05) is 0 Å². The first-order valence-corrected chi connectivity index (χ1v) is 5.42. The van der Waals surface area contributed by atoms with E-state index >= 15 is 0 Å².